The molecule has 0 radical (unpaired) electrons. The first-order chi connectivity index (χ1) is 20.3. The second-order valence-electron chi connectivity index (χ2n) is 12.4. The first kappa shape index (κ1) is 32.1. The summed E-state index contributed by atoms with van der Waals surface area (Å²) in [4.78, 5) is 53.2. The molecule has 3 N–H and O–H groups in total. The minimum absolute atomic E-state index is 0.0355. The van der Waals surface area contributed by atoms with E-state index in [-0.39, 0.29) is 23.8 Å². The predicted molar refractivity (Wildman–Crippen MR) is 158 cm³/mol. The lowest BCUT2D eigenvalue weighted by Crippen LogP contribution is -2.54. The number of carboxylic acid groups (broad SMARTS) is 1. The summed E-state index contributed by atoms with van der Waals surface area (Å²) in [6.45, 7) is 7.89. The third-order valence-electron chi connectivity index (χ3n) is 8.27. The number of halogens is 2. The SMILES string of the molecule is Cc1cccc(C)c1-c1cc(F)c(F)c([C@H](CC(=O)O)NC(=O)[C@H](CC(C)C)NC(=O)[C@H]2CCCN2C(=O)CC2CC2)c1. The fourth-order valence-corrected chi connectivity index (χ4v) is 5.96. The van der Waals surface area contributed by atoms with E-state index in [4.69, 9.17) is 0 Å². The minimum Gasteiger partial charge on any atom is -0.481 e. The molecule has 3 atom stereocenters. The number of benzene rings is 2. The Morgan fingerprint density at radius 3 is 2.30 bits per heavy atom. The number of carbonyl (C=O) groups excluding carboxylic acids is 3. The quantitative estimate of drug-likeness (QED) is 0.311. The lowest BCUT2D eigenvalue weighted by atomic mass is 9.92. The Hall–Kier alpha value is -3.82. The monoisotopic (exact) mass is 597 g/mol. The molecule has 43 heavy (non-hydrogen) atoms. The van der Waals surface area contributed by atoms with Gasteiger partial charge in [0.15, 0.2) is 11.6 Å². The number of hydrogen-bond acceptors (Lipinski definition) is 4. The van der Waals surface area contributed by atoms with E-state index in [0.29, 0.717) is 42.9 Å². The molecule has 1 aliphatic heterocycles. The molecule has 0 aromatic heterocycles. The molecule has 8 nitrogen and oxygen atoms in total. The van der Waals surface area contributed by atoms with Gasteiger partial charge in [-0.1, -0.05) is 32.0 Å². The molecule has 3 amide bonds. The third-order valence-corrected chi connectivity index (χ3v) is 8.27. The Morgan fingerprint density at radius 1 is 1.02 bits per heavy atom. The fraction of sp³-hybridized carbons (Fsp3) is 0.515. The molecule has 2 aromatic rings. The molecule has 2 aromatic carbocycles. The van der Waals surface area contributed by atoms with Crippen molar-refractivity contribution in [3.63, 3.8) is 0 Å². The second kappa shape index (κ2) is 13.7. The number of nitrogens with zero attached hydrogens (tertiary/aromatic N) is 1. The number of nitrogens with one attached hydrogen (secondary N) is 2. The van der Waals surface area contributed by atoms with Crippen LogP contribution < -0.4 is 10.6 Å². The smallest absolute Gasteiger partial charge is 0.305 e. The highest BCUT2D eigenvalue weighted by Crippen LogP contribution is 2.35. The summed E-state index contributed by atoms with van der Waals surface area (Å²) < 4.78 is 30.2. The summed E-state index contributed by atoms with van der Waals surface area (Å²) in [7, 11) is 0. The summed E-state index contributed by atoms with van der Waals surface area (Å²) in [5, 5.41) is 15.0. The topological polar surface area (TPSA) is 116 Å². The number of hydrogen-bond donors (Lipinski definition) is 3. The van der Waals surface area contributed by atoms with Crippen LogP contribution in [0.4, 0.5) is 8.78 Å². The molecular weight excluding hydrogens is 556 g/mol. The number of rotatable bonds is 12. The normalized spacial score (nSPS) is 17.9. The van der Waals surface area contributed by atoms with E-state index in [0.717, 1.165) is 30.0 Å². The van der Waals surface area contributed by atoms with Crippen LogP contribution in [0.2, 0.25) is 0 Å². The lowest BCUT2D eigenvalue weighted by Gasteiger charge is -2.28. The van der Waals surface area contributed by atoms with Crippen LogP contribution in [0.15, 0.2) is 30.3 Å². The molecule has 1 saturated heterocycles. The van der Waals surface area contributed by atoms with E-state index >= 15 is 4.39 Å². The van der Waals surface area contributed by atoms with Gasteiger partial charge in [0.05, 0.1) is 12.5 Å². The van der Waals surface area contributed by atoms with E-state index < -0.39 is 54.0 Å². The summed E-state index contributed by atoms with van der Waals surface area (Å²) in [6.07, 6.45) is 3.13. The number of carboxylic acids is 1. The van der Waals surface area contributed by atoms with Crippen LogP contribution in [-0.4, -0.2) is 52.3 Å². The van der Waals surface area contributed by atoms with Crippen molar-refractivity contribution in [3.8, 4) is 11.1 Å². The molecule has 0 spiro atoms. The van der Waals surface area contributed by atoms with Crippen molar-refractivity contribution in [1.29, 1.82) is 0 Å². The van der Waals surface area contributed by atoms with Gasteiger partial charge in [-0.15, -0.1) is 0 Å². The van der Waals surface area contributed by atoms with Crippen LogP contribution in [0.3, 0.4) is 0 Å². The maximum absolute atomic E-state index is 15.3. The van der Waals surface area contributed by atoms with E-state index in [2.05, 4.69) is 10.6 Å². The minimum atomic E-state index is -1.40. The summed E-state index contributed by atoms with van der Waals surface area (Å²) >= 11 is 0. The van der Waals surface area contributed by atoms with Gasteiger partial charge in [0.2, 0.25) is 17.7 Å². The van der Waals surface area contributed by atoms with Gasteiger partial charge in [-0.05, 0) is 92.2 Å². The van der Waals surface area contributed by atoms with Crippen LogP contribution in [0.5, 0.6) is 0 Å². The Balaban J connectivity index is 1.59. The molecule has 1 heterocycles. The van der Waals surface area contributed by atoms with Crippen LogP contribution in [0.1, 0.15) is 81.5 Å². The van der Waals surface area contributed by atoms with Crippen molar-refractivity contribution in [3.05, 3.63) is 58.7 Å². The Morgan fingerprint density at radius 2 is 1.70 bits per heavy atom. The van der Waals surface area contributed by atoms with Gasteiger partial charge < -0.3 is 20.6 Å². The standard InChI is InChI=1S/C33H41F2N3O5/c1-18(2)13-26(37-33(43)27-9-6-12-38(27)28(39)14-21-10-11-21)32(42)36-25(17-29(40)41)23-15-22(16-24(34)31(23)35)30-19(3)7-5-8-20(30)4/h5,7-8,15-16,18,21,25-27H,6,9-14,17H2,1-4H3,(H,36,42)(H,37,43)(H,40,41)/t25-,26-,27+/m0/s1. The predicted octanol–water partition coefficient (Wildman–Crippen LogP) is 5.20. The van der Waals surface area contributed by atoms with E-state index in [1.807, 2.05) is 45.9 Å². The zero-order valence-electron chi connectivity index (χ0n) is 25.2. The maximum atomic E-state index is 15.3. The fourth-order valence-electron chi connectivity index (χ4n) is 5.96. The average Bonchev–Trinajstić information content (AvgIpc) is 3.59. The van der Waals surface area contributed by atoms with Crippen molar-refractivity contribution in [1.82, 2.24) is 15.5 Å². The van der Waals surface area contributed by atoms with Crippen molar-refractivity contribution < 1.29 is 33.1 Å². The second-order valence-corrected chi connectivity index (χ2v) is 12.4. The maximum Gasteiger partial charge on any atom is 0.305 e. The molecule has 2 aliphatic rings. The highest BCUT2D eigenvalue weighted by atomic mass is 19.2. The van der Waals surface area contributed by atoms with Crippen LogP contribution >= 0.6 is 0 Å². The van der Waals surface area contributed by atoms with Gasteiger partial charge in [0.25, 0.3) is 0 Å². The van der Waals surface area contributed by atoms with Gasteiger partial charge in [-0.2, -0.15) is 0 Å². The van der Waals surface area contributed by atoms with Gasteiger partial charge in [0.1, 0.15) is 12.1 Å². The van der Waals surface area contributed by atoms with Gasteiger partial charge >= 0.3 is 5.97 Å². The zero-order valence-corrected chi connectivity index (χ0v) is 25.2. The van der Waals surface area contributed by atoms with Gasteiger partial charge in [0, 0.05) is 18.5 Å². The Labute approximate surface area is 251 Å². The molecule has 1 saturated carbocycles. The highest BCUT2D eigenvalue weighted by Gasteiger charge is 2.38. The van der Waals surface area contributed by atoms with Crippen molar-refractivity contribution in [2.75, 3.05) is 6.54 Å². The zero-order chi connectivity index (χ0) is 31.4. The Kier molecular flexibility index (Phi) is 10.2. The highest BCUT2D eigenvalue weighted by molar-refractivity contribution is 5.92. The number of carbonyl (C=O) groups is 4. The molecule has 0 unspecified atom stereocenters. The van der Waals surface area contributed by atoms with Gasteiger partial charge in [-0.3, -0.25) is 19.2 Å². The summed E-state index contributed by atoms with van der Waals surface area (Å²) in [5.41, 5.74) is 2.40. The summed E-state index contributed by atoms with van der Waals surface area (Å²) in [5.74, 6) is -4.61. The van der Waals surface area contributed by atoms with E-state index in [1.54, 1.807) is 4.90 Å². The van der Waals surface area contributed by atoms with Crippen molar-refractivity contribution in [2.45, 2.75) is 90.8 Å². The van der Waals surface area contributed by atoms with Crippen LogP contribution in [0, 0.1) is 37.3 Å². The van der Waals surface area contributed by atoms with E-state index in [9.17, 15) is 28.7 Å². The third kappa shape index (κ3) is 7.97. The lowest BCUT2D eigenvalue weighted by molar-refractivity contribution is -0.140. The van der Waals surface area contributed by atoms with Crippen molar-refractivity contribution in [2.24, 2.45) is 11.8 Å². The van der Waals surface area contributed by atoms with Gasteiger partial charge in [-0.25, -0.2) is 8.78 Å². The first-order valence-electron chi connectivity index (χ1n) is 15.0. The molecular formula is C33H41F2N3O5. The largest absolute Gasteiger partial charge is 0.481 e. The number of likely N-dealkylation sites (tertiary alicyclic amines) is 1. The first-order valence-corrected chi connectivity index (χ1v) is 15.0. The molecule has 232 valence electrons. The number of amides is 3. The summed E-state index contributed by atoms with van der Waals surface area (Å²) in [6, 6.07) is 4.79. The van der Waals surface area contributed by atoms with Crippen LogP contribution in [0.25, 0.3) is 11.1 Å². The molecule has 0 bridgehead atoms. The molecule has 2 fully saturated rings. The number of aryl methyl sites for hydroxylation is 2. The van der Waals surface area contributed by atoms with E-state index in [1.165, 1.54) is 6.07 Å². The van der Waals surface area contributed by atoms with Crippen molar-refractivity contribution >= 4 is 23.7 Å². The molecule has 10 heteroatoms. The molecule has 1 aliphatic carbocycles. The molecule has 4 rings (SSSR count). The number of aliphatic carboxylic acids is 1. The Bertz CT molecular complexity index is 1370. The average molecular weight is 598 g/mol. The van der Waals surface area contributed by atoms with Crippen LogP contribution in [-0.2, 0) is 19.2 Å².